The molecular formula is C17H20ClNO5S. The van der Waals surface area contributed by atoms with Gasteiger partial charge in [-0.2, -0.15) is 0 Å². The highest BCUT2D eigenvalue weighted by atomic mass is 35.5. The van der Waals surface area contributed by atoms with Gasteiger partial charge in [-0.15, -0.1) is 11.3 Å². The first kappa shape index (κ1) is 19.4. The topological polar surface area (TPSA) is 66.0 Å². The van der Waals surface area contributed by atoms with Gasteiger partial charge in [0.05, 0.1) is 31.2 Å². The predicted octanol–water partition coefficient (Wildman–Crippen LogP) is 3.54. The van der Waals surface area contributed by atoms with Crippen LogP contribution in [0.25, 0.3) is 0 Å². The lowest BCUT2D eigenvalue weighted by Crippen LogP contribution is -2.29. The molecule has 1 N–H and O–H groups in total. The van der Waals surface area contributed by atoms with Crippen LogP contribution in [0, 0.1) is 0 Å². The van der Waals surface area contributed by atoms with Gasteiger partial charge in [-0.1, -0.05) is 11.6 Å². The minimum atomic E-state index is -0.303. The van der Waals surface area contributed by atoms with Gasteiger partial charge in [0.2, 0.25) is 5.75 Å². The third kappa shape index (κ3) is 4.36. The van der Waals surface area contributed by atoms with Crippen LogP contribution in [0.1, 0.15) is 21.3 Å². The molecule has 1 aromatic heterocycles. The van der Waals surface area contributed by atoms with Gasteiger partial charge < -0.3 is 24.3 Å². The molecule has 2 aromatic rings. The van der Waals surface area contributed by atoms with E-state index in [9.17, 15) is 4.79 Å². The van der Waals surface area contributed by atoms with E-state index < -0.39 is 0 Å². The van der Waals surface area contributed by atoms with Gasteiger partial charge in [-0.25, -0.2) is 0 Å². The van der Waals surface area contributed by atoms with E-state index in [1.807, 2.05) is 6.07 Å². The maximum Gasteiger partial charge on any atom is 0.255 e. The first-order chi connectivity index (χ1) is 12.0. The van der Waals surface area contributed by atoms with Crippen molar-refractivity contribution in [2.45, 2.75) is 6.10 Å². The molecule has 136 valence electrons. The number of thiophene rings is 1. The van der Waals surface area contributed by atoms with Crippen LogP contribution in [0.5, 0.6) is 17.2 Å². The van der Waals surface area contributed by atoms with Crippen molar-refractivity contribution in [1.82, 2.24) is 5.32 Å². The number of halogens is 1. The Balaban J connectivity index is 2.17. The predicted molar refractivity (Wildman–Crippen MR) is 97.5 cm³/mol. The van der Waals surface area contributed by atoms with Crippen LogP contribution in [0.2, 0.25) is 4.34 Å². The summed E-state index contributed by atoms with van der Waals surface area (Å²) >= 11 is 7.37. The van der Waals surface area contributed by atoms with E-state index in [0.717, 1.165) is 4.88 Å². The Morgan fingerprint density at radius 3 is 2.32 bits per heavy atom. The summed E-state index contributed by atoms with van der Waals surface area (Å²) in [5, 5.41) is 2.84. The van der Waals surface area contributed by atoms with Gasteiger partial charge >= 0.3 is 0 Å². The quantitative estimate of drug-likeness (QED) is 0.752. The molecule has 1 atom stereocenters. The van der Waals surface area contributed by atoms with E-state index in [-0.39, 0.29) is 12.0 Å². The van der Waals surface area contributed by atoms with Gasteiger partial charge in [0, 0.05) is 18.5 Å². The summed E-state index contributed by atoms with van der Waals surface area (Å²) in [4.78, 5) is 13.5. The maximum absolute atomic E-state index is 12.6. The normalized spacial score (nSPS) is 11.7. The molecule has 2 rings (SSSR count). The fraction of sp³-hybridized carbons (Fsp3) is 0.353. The zero-order chi connectivity index (χ0) is 18.4. The van der Waals surface area contributed by atoms with Gasteiger partial charge in [0.1, 0.15) is 6.10 Å². The van der Waals surface area contributed by atoms with E-state index >= 15 is 0 Å². The minimum absolute atomic E-state index is 0.285. The number of methoxy groups -OCH3 is 4. The third-order valence-electron chi connectivity index (χ3n) is 3.59. The first-order valence-electron chi connectivity index (χ1n) is 7.40. The molecule has 0 aliphatic carbocycles. The highest BCUT2D eigenvalue weighted by Crippen LogP contribution is 2.39. The lowest BCUT2D eigenvalue weighted by atomic mass is 10.1. The second kappa shape index (κ2) is 8.94. The van der Waals surface area contributed by atoms with Crippen LogP contribution in [0.3, 0.4) is 0 Å². The van der Waals surface area contributed by atoms with Gasteiger partial charge in [0.15, 0.2) is 11.5 Å². The van der Waals surface area contributed by atoms with Gasteiger partial charge in [-0.3, -0.25) is 4.79 Å². The number of rotatable bonds is 8. The number of amides is 1. The van der Waals surface area contributed by atoms with E-state index in [1.54, 1.807) is 25.3 Å². The van der Waals surface area contributed by atoms with E-state index in [0.29, 0.717) is 33.7 Å². The van der Waals surface area contributed by atoms with E-state index in [2.05, 4.69) is 5.32 Å². The molecule has 25 heavy (non-hydrogen) atoms. The molecular weight excluding hydrogens is 366 g/mol. The van der Waals surface area contributed by atoms with Crippen molar-refractivity contribution >= 4 is 28.8 Å². The van der Waals surface area contributed by atoms with Crippen LogP contribution >= 0.6 is 22.9 Å². The highest BCUT2D eigenvalue weighted by molar-refractivity contribution is 7.16. The van der Waals surface area contributed by atoms with Crippen LogP contribution in [-0.4, -0.2) is 40.9 Å². The number of carbonyl (C=O) groups is 1. The third-order valence-corrected chi connectivity index (χ3v) is 4.92. The van der Waals surface area contributed by atoms with Crippen LogP contribution in [0.4, 0.5) is 0 Å². The van der Waals surface area contributed by atoms with Crippen molar-refractivity contribution in [2.24, 2.45) is 0 Å². The number of hydrogen-bond donors (Lipinski definition) is 1. The number of carbonyl (C=O) groups excluding carboxylic acids is 1. The number of hydrogen-bond acceptors (Lipinski definition) is 6. The second-order valence-corrected chi connectivity index (χ2v) is 6.70. The summed E-state index contributed by atoms with van der Waals surface area (Å²) in [6, 6.07) is 6.96. The zero-order valence-electron chi connectivity index (χ0n) is 14.4. The molecule has 0 bridgehead atoms. The Hall–Kier alpha value is -1.96. The molecule has 6 nitrogen and oxygen atoms in total. The van der Waals surface area contributed by atoms with Gasteiger partial charge in [0.25, 0.3) is 5.91 Å². The monoisotopic (exact) mass is 385 g/mol. The Bertz CT molecular complexity index is 734. The van der Waals surface area contributed by atoms with Crippen molar-refractivity contribution in [3.63, 3.8) is 0 Å². The molecule has 1 heterocycles. The van der Waals surface area contributed by atoms with Crippen LogP contribution in [0.15, 0.2) is 24.3 Å². The molecule has 0 aliphatic rings. The van der Waals surface area contributed by atoms with E-state index in [4.69, 9.17) is 30.5 Å². The molecule has 0 saturated heterocycles. The summed E-state index contributed by atoms with van der Waals surface area (Å²) < 4.78 is 22.0. The molecule has 0 radical (unpaired) electrons. The SMILES string of the molecule is COc1ccc(C(=O)NCC(OC)c2ccc(Cl)s2)c(OC)c1OC. The molecule has 1 unspecified atom stereocenters. The molecule has 0 aliphatic heterocycles. The Morgan fingerprint density at radius 1 is 1.08 bits per heavy atom. The lowest BCUT2D eigenvalue weighted by Gasteiger charge is -2.17. The molecule has 0 spiro atoms. The maximum atomic E-state index is 12.6. The Labute approximate surface area is 155 Å². The van der Waals surface area contributed by atoms with Crippen LogP contribution < -0.4 is 19.5 Å². The average molecular weight is 386 g/mol. The van der Waals surface area contributed by atoms with Crippen LogP contribution in [-0.2, 0) is 4.74 Å². The summed E-state index contributed by atoms with van der Waals surface area (Å²) in [5.41, 5.74) is 0.346. The summed E-state index contributed by atoms with van der Waals surface area (Å²) in [6.45, 7) is 0.295. The fourth-order valence-corrected chi connectivity index (χ4v) is 3.50. The number of nitrogens with one attached hydrogen (secondary N) is 1. The van der Waals surface area contributed by atoms with Crippen molar-refractivity contribution in [3.8, 4) is 17.2 Å². The number of benzene rings is 1. The first-order valence-corrected chi connectivity index (χ1v) is 8.60. The molecule has 1 amide bonds. The average Bonchev–Trinajstić information content (AvgIpc) is 3.06. The lowest BCUT2D eigenvalue weighted by molar-refractivity contribution is 0.0835. The van der Waals surface area contributed by atoms with Crippen molar-refractivity contribution in [3.05, 3.63) is 39.0 Å². The Morgan fingerprint density at radius 2 is 1.80 bits per heavy atom. The standard InChI is InChI=1S/C17H20ClNO5S/c1-21-11-6-5-10(15(23-3)16(11)24-4)17(20)19-9-12(22-2)13-7-8-14(18)25-13/h5-8,12H,9H2,1-4H3,(H,19,20). The molecule has 8 heteroatoms. The van der Waals surface area contributed by atoms with Crippen molar-refractivity contribution in [1.29, 1.82) is 0 Å². The fourth-order valence-electron chi connectivity index (χ4n) is 2.36. The van der Waals surface area contributed by atoms with Crippen molar-refractivity contribution < 1.29 is 23.7 Å². The van der Waals surface area contributed by atoms with E-state index in [1.165, 1.54) is 32.7 Å². The highest BCUT2D eigenvalue weighted by Gasteiger charge is 2.22. The smallest absolute Gasteiger partial charge is 0.255 e. The summed E-state index contributed by atoms with van der Waals surface area (Å²) in [7, 11) is 6.07. The number of ether oxygens (including phenoxy) is 4. The zero-order valence-corrected chi connectivity index (χ0v) is 16.0. The Kier molecular flexibility index (Phi) is 6.92. The van der Waals surface area contributed by atoms with Crippen molar-refractivity contribution in [2.75, 3.05) is 35.0 Å². The molecule has 1 aromatic carbocycles. The van der Waals surface area contributed by atoms with Gasteiger partial charge in [-0.05, 0) is 24.3 Å². The summed E-state index contributed by atoms with van der Waals surface area (Å²) in [6.07, 6.45) is -0.285. The molecule has 0 fully saturated rings. The minimum Gasteiger partial charge on any atom is -0.493 e. The largest absolute Gasteiger partial charge is 0.493 e. The second-order valence-electron chi connectivity index (χ2n) is 4.96. The molecule has 0 saturated carbocycles. The summed E-state index contributed by atoms with van der Waals surface area (Å²) in [5.74, 6) is 0.861.